The van der Waals surface area contributed by atoms with Gasteiger partial charge < -0.3 is 15.2 Å². The van der Waals surface area contributed by atoms with Crippen LogP contribution in [-0.4, -0.2) is 11.7 Å². The number of rotatable bonds is 6. The Morgan fingerprint density at radius 3 is 2.81 bits per heavy atom. The lowest BCUT2D eigenvalue weighted by atomic mass is 10.1. The van der Waals surface area contributed by atoms with E-state index >= 15 is 0 Å². The largest absolute Gasteiger partial charge is 0.494 e. The van der Waals surface area contributed by atoms with Crippen molar-refractivity contribution >= 4 is 5.69 Å². The lowest BCUT2D eigenvalue weighted by molar-refractivity contribution is 0.267. The molecule has 0 aliphatic carbocycles. The van der Waals surface area contributed by atoms with Gasteiger partial charge in [-0.25, -0.2) is 0 Å². The van der Waals surface area contributed by atoms with Gasteiger partial charge in [0.1, 0.15) is 5.75 Å². The molecule has 2 N–H and O–H groups in total. The predicted molar refractivity (Wildman–Crippen MR) is 82.0 cm³/mol. The normalized spacial score (nSPS) is 9.95. The van der Waals surface area contributed by atoms with E-state index < -0.39 is 0 Å². The lowest BCUT2D eigenvalue weighted by Gasteiger charge is -2.12. The number of nitriles is 1. The van der Waals surface area contributed by atoms with Gasteiger partial charge in [-0.3, -0.25) is 0 Å². The molecule has 0 saturated carbocycles. The molecule has 21 heavy (non-hydrogen) atoms. The summed E-state index contributed by atoms with van der Waals surface area (Å²) < 4.78 is 5.45. The molecule has 0 spiro atoms. The summed E-state index contributed by atoms with van der Waals surface area (Å²) in [6, 6.07) is 15.2. The van der Waals surface area contributed by atoms with E-state index in [1.807, 2.05) is 43.3 Å². The van der Waals surface area contributed by atoms with Crippen LogP contribution in [0.3, 0.4) is 0 Å². The van der Waals surface area contributed by atoms with Crippen molar-refractivity contribution in [2.24, 2.45) is 0 Å². The topological polar surface area (TPSA) is 65.3 Å². The molecule has 4 heteroatoms. The summed E-state index contributed by atoms with van der Waals surface area (Å²) in [5.41, 5.74) is 3.35. The quantitative estimate of drug-likeness (QED) is 0.854. The zero-order valence-corrected chi connectivity index (χ0v) is 12.0. The molecule has 0 saturated heterocycles. The van der Waals surface area contributed by atoms with E-state index in [0.717, 1.165) is 16.8 Å². The number of hydrogen-bond acceptors (Lipinski definition) is 4. The van der Waals surface area contributed by atoms with E-state index in [4.69, 9.17) is 10.00 Å². The molecule has 4 nitrogen and oxygen atoms in total. The second-order valence-corrected chi connectivity index (χ2v) is 4.58. The number of aliphatic hydroxyl groups is 1. The summed E-state index contributed by atoms with van der Waals surface area (Å²) in [5.74, 6) is 0.706. The minimum absolute atomic E-state index is 0.0607. The van der Waals surface area contributed by atoms with Crippen molar-refractivity contribution in [3.05, 3.63) is 59.2 Å². The number of aliphatic hydroxyl groups excluding tert-OH is 1. The van der Waals surface area contributed by atoms with Crippen LogP contribution in [0.15, 0.2) is 42.5 Å². The average Bonchev–Trinajstić information content (AvgIpc) is 2.54. The van der Waals surface area contributed by atoms with E-state index in [0.29, 0.717) is 24.5 Å². The highest BCUT2D eigenvalue weighted by Gasteiger charge is 2.04. The minimum Gasteiger partial charge on any atom is -0.494 e. The summed E-state index contributed by atoms with van der Waals surface area (Å²) in [5, 5.41) is 21.5. The van der Waals surface area contributed by atoms with Gasteiger partial charge in [-0.15, -0.1) is 0 Å². The molecule has 2 aromatic rings. The molecule has 0 atom stereocenters. The van der Waals surface area contributed by atoms with Crippen LogP contribution in [-0.2, 0) is 13.2 Å². The fourth-order valence-electron chi connectivity index (χ4n) is 2.06. The lowest BCUT2D eigenvalue weighted by Crippen LogP contribution is -2.02. The van der Waals surface area contributed by atoms with Crippen LogP contribution in [0.1, 0.15) is 23.6 Å². The highest BCUT2D eigenvalue weighted by atomic mass is 16.5. The van der Waals surface area contributed by atoms with Crippen molar-refractivity contribution in [1.82, 2.24) is 0 Å². The predicted octanol–water partition coefficient (Wildman–Crippen LogP) is 3.06. The minimum atomic E-state index is -0.0607. The van der Waals surface area contributed by atoms with Gasteiger partial charge >= 0.3 is 0 Å². The van der Waals surface area contributed by atoms with Crippen molar-refractivity contribution in [2.75, 3.05) is 11.9 Å². The van der Waals surface area contributed by atoms with Crippen molar-refractivity contribution in [3.63, 3.8) is 0 Å². The second-order valence-electron chi connectivity index (χ2n) is 4.58. The van der Waals surface area contributed by atoms with Crippen molar-refractivity contribution in [1.29, 1.82) is 5.26 Å². The molecule has 0 fully saturated rings. The number of nitrogens with one attached hydrogen (secondary N) is 1. The smallest absolute Gasteiger partial charge is 0.124 e. The first-order valence-corrected chi connectivity index (χ1v) is 6.86. The Balaban J connectivity index is 2.07. The summed E-state index contributed by atoms with van der Waals surface area (Å²) in [6.45, 7) is 3.04. The fourth-order valence-corrected chi connectivity index (χ4v) is 2.06. The molecule has 0 aliphatic heterocycles. The Kier molecular flexibility index (Phi) is 5.19. The van der Waals surface area contributed by atoms with Gasteiger partial charge in [-0.1, -0.05) is 12.1 Å². The van der Waals surface area contributed by atoms with Crippen LogP contribution >= 0.6 is 0 Å². The van der Waals surface area contributed by atoms with Gasteiger partial charge in [0.05, 0.1) is 24.8 Å². The number of ether oxygens (including phenoxy) is 1. The maximum absolute atomic E-state index is 9.38. The molecule has 0 heterocycles. The SMILES string of the molecule is CCOc1ccc(NCc2cccc(C#N)c2)cc1CO. The Hall–Kier alpha value is -2.51. The van der Waals surface area contributed by atoms with Crippen molar-refractivity contribution in [3.8, 4) is 11.8 Å². The first-order valence-electron chi connectivity index (χ1n) is 6.86. The third kappa shape index (κ3) is 3.98. The molecule has 2 aromatic carbocycles. The van der Waals surface area contributed by atoms with Crippen LogP contribution in [0.2, 0.25) is 0 Å². The zero-order chi connectivity index (χ0) is 15.1. The van der Waals surface area contributed by atoms with E-state index in [1.165, 1.54) is 0 Å². The Bertz CT molecular complexity index is 647. The summed E-state index contributed by atoms with van der Waals surface area (Å²) in [7, 11) is 0. The van der Waals surface area contributed by atoms with E-state index in [2.05, 4.69) is 11.4 Å². The average molecular weight is 282 g/mol. The maximum Gasteiger partial charge on any atom is 0.124 e. The molecule has 0 unspecified atom stereocenters. The van der Waals surface area contributed by atoms with Crippen LogP contribution in [0.4, 0.5) is 5.69 Å². The first-order chi connectivity index (χ1) is 10.3. The van der Waals surface area contributed by atoms with Crippen LogP contribution < -0.4 is 10.1 Å². The van der Waals surface area contributed by atoms with Crippen LogP contribution in [0.25, 0.3) is 0 Å². The number of anilines is 1. The Labute approximate surface area is 124 Å². The molecule has 0 aliphatic rings. The van der Waals surface area contributed by atoms with Crippen LogP contribution in [0.5, 0.6) is 5.75 Å². The van der Waals surface area contributed by atoms with Crippen molar-refractivity contribution in [2.45, 2.75) is 20.1 Å². The van der Waals surface area contributed by atoms with E-state index in [1.54, 1.807) is 6.07 Å². The van der Waals surface area contributed by atoms with E-state index in [-0.39, 0.29) is 6.61 Å². The molecule has 0 bridgehead atoms. The maximum atomic E-state index is 9.38. The van der Waals surface area contributed by atoms with Gasteiger partial charge in [0.25, 0.3) is 0 Å². The fraction of sp³-hybridized carbons (Fsp3) is 0.235. The van der Waals surface area contributed by atoms with Crippen molar-refractivity contribution < 1.29 is 9.84 Å². The monoisotopic (exact) mass is 282 g/mol. The molecule has 0 aromatic heterocycles. The Morgan fingerprint density at radius 1 is 1.24 bits per heavy atom. The molecule has 0 radical (unpaired) electrons. The number of benzene rings is 2. The molecule has 0 amide bonds. The third-order valence-corrected chi connectivity index (χ3v) is 3.08. The number of nitrogens with zero attached hydrogens (tertiary/aromatic N) is 1. The third-order valence-electron chi connectivity index (χ3n) is 3.08. The van der Waals surface area contributed by atoms with Gasteiger partial charge in [0.2, 0.25) is 0 Å². The Morgan fingerprint density at radius 2 is 2.10 bits per heavy atom. The summed E-state index contributed by atoms with van der Waals surface area (Å²) in [4.78, 5) is 0. The number of hydrogen-bond donors (Lipinski definition) is 2. The highest BCUT2D eigenvalue weighted by Crippen LogP contribution is 2.23. The second kappa shape index (κ2) is 7.32. The van der Waals surface area contributed by atoms with Gasteiger partial charge in [-0.2, -0.15) is 5.26 Å². The van der Waals surface area contributed by atoms with Gasteiger partial charge in [-0.05, 0) is 42.8 Å². The van der Waals surface area contributed by atoms with Crippen LogP contribution in [0, 0.1) is 11.3 Å². The zero-order valence-electron chi connectivity index (χ0n) is 12.0. The van der Waals surface area contributed by atoms with E-state index in [9.17, 15) is 5.11 Å². The standard InChI is InChI=1S/C17H18N2O2/c1-2-21-17-7-6-16(9-15(17)12-20)19-11-14-5-3-4-13(8-14)10-18/h3-9,19-20H,2,11-12H2,1H3. The van der Waals surface area contributed by atoms with Gasteiger partial charge in [0, 0.05) is 17.8 Å². The first kappa shape index (κ1) is 14.9. The molecule has 2 rings (SSSR count). The van der Waals surface area contributed by atoms with Gasteiger partial charge in [0.15, 0.2) is 0 Å². The molecule has 108 valence electrons. The summed E-state index contributed by atoms with van der Waals surface area (Å²) >= 11 is 0. The molecular weight excluding hydrogens is 264 g/mol. The highest BCUT2D eigenvalue weighted by molar-refractivity contribution is 5.51. The molecular formula is C17H18N2O2. The summed E-state index contributed by atoms with van der Waals surface area (Å²) in [6.07, 6.45) is 0.